The SMILES string of the molecule is CC/C(=C(/c1ccc(OCCN(C)C)cc1)c1cc(OC)cc(B(C)O)c1)c1ccc(OC)cc1. The zero-order chi connectivity index (χ0) is 25.4. The largest absolute Gasteiger partial charge is 0.497 e. The van der Waals surface area contributed by atoms with Crippen molar-refractivity contribution < 1.29 is 19.2 Å². The zero-order valence-corrected chi connectivity index (χ0v) is 21.7. The maximum Gasteiger partial charge on any atom is 0.320 e. The van der Waals surface area contributed by atoms with Crippen molar-refractivity contribution in [3.63, 3.8) is 0 Å². The second-order valence-corrected chi connectivity index (χ2v) is 8.78. The highest BCUT2D eigenvalue weighted by Gasteiger charge is 2.17. The number of methoxy groups -OCH3 is 2. The van der Waals surface area contributed by atoms with Crippen molar-refractivity contribution in [2.24, 2.45) is 0 Å². The quantitative estimate of drug-likeness (QED) is 0.319. The molecular weight excluding hydrogens is 437 g/mol. The Labute approximate surface area is 210 Å². The Bertz CT molecular complexity index is 1120. The summed E-state index contributed by atoms with van der Waals surface area (Å²) in [7, 11) is 7.39. The van der Waals surface area contributed by atoms with Gasteiger partial charge in [0, 0.05) is 6.54 Å². The predicted molar refractivity (Wildman–Crippen MR) is 146 cm³/mol. The predicted octanol–water partition coefficient (Wildman–Crippen LogP) is 4.83. The summed E-state index contributed by atoms with van der Waals surface area (Å²) in [5, 5.41) is 10.3. The number of nitrogens with zero attached hydrogens (tertiary/aromatic N) is 1. The molecule has 35 heavy (non-hydrogen) atoms. The first kappa shape index (κ1) is 26.4. The fourth-order valence-corrected chi connectivity index (χ4v) is 4.02. The van der Waals surface area contributed by atoms with Crippen molar-refractivity contribution >= 4 is 23.5 Å². The summed E-state index contributed by atoms with van der Waals surface area (Å²) in [5.41, 5.74) is 6.29. The Morgan fingerprint density at radius 3 is 1.94 bits per heavy atom. The lowest BCUT2D eigenvalue weighted by Gasteiger charge is -2.19. The van der Waals surface area contributed by atoms with E-state index in [2.05, 4.69) is 36.1 Å². The lowest BCUT2D eigenvalue weighted by atomic mass is 9.63. The van der Waals surface area contributed by atoms with Gasteiger partial charge < -0.3 is 24.1 Å². The molecule has 0 bridgehead atoms. The maximum atomic E-state index is 10.3. The minimum Gasteiger partial charge on any atom is -0.497 e. The third kappa shape index (κ3) is 6.90. The molecule has 3 aromatic carbocycles. The molecule has 6 heteroatoms. The molecule has 0 spiro atoms. The van der Waals surface area contributed by atoms with Gasteiger partial charge >= 0.3 is 6.92 Å². The minimum absolute atomic E-state index is 0.608. The molecule has 0 unspecified atom stereocenters. The Hall–Kier alpha value is -3.22. The highest BCUT2D eigenvalue weighted by molar-refractivity contribution is 6.64. The summed E-state index contributed by atoms with van der Waals surface area (Å²) in [6.07, 6.45) is 0.823. The third-order valence-corrected chi connectivity index (χ3v) is 5.98. The van der Waals surface area contributed by atoms with Crippen molar-refractivity contribution in [2.75, 3.05) is 41.5 Å². The van der Waals surface area contributed by atoms with Gasteiger partial charge in [-0.3, -0.25) is 0 Å². The van der Waals surface area contributed by atoms with Crippen molar-refractivity contribution in [1.29, 1.82) is 0 Å². The van der Waals surface area contributed by atoms with Crippen LogP contribution in [-0.2, 0) is 0 Å². The van der Waals surface area contributed by atoms with Crippen molar-refractivity contribution in [1.82, 2.24) is 4.90 Å². The van der Waals surface area contributed by atoms with E-state index in [0.29, 0.717) is 12.4 Å². The number of likely N-dealkylation sites (N-methyl/N-ethyl adjacent to an activating group) is 1. The van der Waals surface area contributed by atoms with Crippen molar-refractivity contribution in [3.05, 3.63) is 83.4 Å². The van der Waals surface area contributed by atoms with Gasteiger partial charge in [0.25, 0.3) is 0 Å². The van der Waals surface area contributed by atoms with Crippen LogP contribution < -0.4 is 19.7 Å². The molecular formula is C29H36BNO4. The molecule has 0 aliphatic heterocycles. The Balaban J connectivity index is 2.15. The van der Waals surface area contributed by atoms with Crippen LogP contribution in [0.3, 0.4) is 0 Å². The van der Waals surface area contributed by atoms with Gasteiger partial charge in [-0.1, -0.05) is 44.1 Å². The first-order valence-corrected chi connectivity index (χ1v) is 12.0. The van der Waals surface area contributed by atoms with E-state index in [9.17, 15) is 5.02 Å². The first-order chi connectivity index (χ1) is 16.9. The van der Waals surface area contributed by atoms with Gasteiger partial charge in [0.05, 0.1) is 14.2 Å². The van der Waals surface area contributed by atoms with E-state index in [1.54, 1.807) is 21.0 Å². The lowest BCUT2D eigenvalue weighted by Crippen LogP contribution is -2.26. The van der Waals surface area contributed by atoms with Crippen LogP contribution in [0, 0.1) is 0 Å². The zero-order valence-electron chi connectivity index (χ0n) is 21.7. The van der Waals surface area contributed by atoms with Crippen LogP contribution in [0.25, 0.3) is 11.1 Å². The molecule has 0 aromatic heterocycles. The highest BCUT2D eigenvalue weighted by Crippen LogP contribution is 2.36. The number of allylic oxidation sites excluding steroid dienone is 1. The fourth-order valence-electron chi connectivity index (χ4n) is 4.02. The second-order valence-electron chi connectivity index (χ2n) is 8.78. The molecule has 0 radical (unpaired) electrons. The van der Waals surface area contributed by atoms with Crippen molar-refractivity contribution in [2.45, 2.75) is 20.2 Å². The van der Waals surface area contributed by atoms with Gasteiger partial charge in [-0.15, -0.1) is 0 Å². The monoisotopic (exact) mass is 473 g/mol. The summed E-state index contributed by atoms with van der Waals surface area (Å²) in [6, 6.07) is 22.3. The average molecular weight is 473 g/mol. The summed E-state index contributed by atoms with van der Waals surface area (Å²) in [6.45, 7) is 4.81. The molecule has 0 fully saturated rings. The van der Waals surface area contributed by atoms with E-state index in [1.807, 2.05) is 56.6 Å². The highest BCUT2D eigenvalue weighted by atomic mass is 16.5. The van der Waals surface area contributed by atoms with Gasteiger partial charge in [-0.05, 0) is 90.2 Å². The van der Waals surface area contributed by atoms with Crippen LogP contribution in [0.2, 0.25) is 6.82 Å². The molecule has 0 saturated heterocycles. The standard InChI is InChI=1S/C29H36BNO4/c1-7-28(21-8-12-25(33-5)13-9-21)29(23-18-24(30(2)32)20-27(19-23)34-6)22-10-14-26(15-11-22)35-17-16-31(3)4/h8-15,18-20,32H,7,16-17H2,1-6H3/b29-28+. The molecule has 3 rings (SSSR count). The lowest BCUT2D eigenvalue weighted by molar-refractivity contribution is 0.261. The van der Waals surface area contributed by atoms with E-state index in [1.165, 1.54) is 5.57 Å². The number of rotatable bonds is 11. The normalized spacial score (nSPS) is 11.8. The molecule has 0 aliphatic rings. The molecule has 184 valence electrons. The van der Waals surface area contributed by atoms with E-state index in [-0.39, 0.29) is 0 Å². The van der Waals surface area contributed by atoms with E-state index >= 15 is 0 Å². The van der Waals surface area contributed by atoms with Gasteiger partial charge in [-0.2, -0.15) is 0 Å². The van der Waals surface area contributed by atoms with Crippen LogP contribution in [0.15, 0.2) is 66.7 Å². The number of hydrogen-bond acceptors (Lipinski definition) is 5. The van der Waals surface area contributed by atoms with Crippen LogP contribution in [0.1, 0.15) is 30.0 Å². The minimum atomic E-state index is -0.608. The van der Waals surface area contributed by atoms with Gasteiger partial charge in [0.1, 0.15) is 23.9 Å². The Morgan fingerprint density at radius 1 is 0.800 bits per heavy atom. The van der Waals surface area contributed by atoms with Crippen LogP contribution >= 0.6 is 0 Å². The van der Waals surface area contributed by atoms with E-state index in [4.69, 9.17) is 14.2 Å². The van der Waals surface area contributed by atoms with Gasteiger partial charge in [-0.25, -0.2) is 0 Å². The summed E-state index contributed by atoms with van der Waals surface area (Å²) in [5.74, 6) is 2.38. The van der Waals surface area contributed by atoms with Crippen LogP contribution in [0.4, 0.5) is 0 Å². The molecule has 0 saturated carbocycles. The van der Waals surface area contributed by atoms with Gasteiger partial charge in [0.15, 0.2) is 0 Å². The molecule has 0 aliphatic carbocycles. The van der Waals surface area contributed by atoms with E-state index < -0.39 is 6.92 Å². The fraction of sp³-hybridized carbons (Fsp3) is 0.310. The summed E-state index contributed by atoms with van der Waals surface area (Å²) < 4.78 is 16.9. The molecule has 0 amide bonds. The summed E-state index contributed by atoms with van der Waals surface area (Å²) in [4.78, 5) is 2.10. The van der Waals surface area contributed by atoms with E-state index in [0.717, 1.165) is 52.2 Å². The second kappa shape index (κ2) is 12.5. The molecule has 0 atom stereocenters. The Morgan fingerprint density at radius 2 is 1.40 bits per heavy atom. The Kier molecular flexibility index (Phi) is 9.41. The van der Waals surface area contributed by atoms with Crippen LogP contribution in [-0.4, -0.2) is 58.3 Å². The number of ether oxygens (including phenoxy) is 3. The molecule has 5 nitrogen and oxygen atoms in total. The smallest absolute Gasteiger partial charge is 0.320 e. The number of benzene rings is 3. The van der Waals surface area contributed by atoms with Crippen LogP contribution in [0.5, 0.6) is 17.2 Å². The molecule has 1 N–H and O–H groups in total. The van der Waals surface area contributed by atoms with Crippen molar-refractivity contribution in [3.8, 4) is 17.2 Å². The first-order valence-electron chi connectivity index (χ1n) is 12.0. The average Bonchev–Trinajstić information content (AvgIpc) is 2.87. The number of hydrogen-bond donors (Lipinski definition) is 1. The maximum absolute atomic E-state index is 10.3. The van der Waals surface area contributed by atoms with Gasteiger partial charge in [0.2, 0.25) is 0 Å². The summed E-state index contributed by atoms with van der Waals surface area (Å²) >= 11 is 0. The molecule has 0 heterocycles. The topological polar surface area (TPSA) is 51.2 Å². The molecule has 3 aromatic rings. The third-order valence-electron chi connectivity index (χ3n) is 5.98.